The van der Waals surface area contributed by atoms with Gasteiger partial charge >= 0.3 is 0 Å². The van der Waals surface area contributed by atoms with Crippen LogP contribution in [0.25, 0.3) is 0 Å². The first kappa shape index (κ1) is 14.7. The van der Waals surface area contributed by atoms with Gasteiger partial charge in [-0.25, -0.2) is 0 Å². The Kier molecular flexibility index (Phi) is 5.01. The van der Waals surface area contributed by atoms with Gasteiger partial charge in [-0.3, -0.25) is 4.90 Å². The molecule has 2 nitrogen and oxygen atoms in total. The zero-order valence-electron chi connectivity index (χ0n) is 12.5. The maximum Gasteiger partial charge on any atom is 0.0244 e. The molecule has 0 aromatic heterocycles. The third-order valence-electron chi connectivity index (χ3n) is 4.75. The van der Waals surface area contributed by atoms with Crippen molar-refractivity contribution in [2.75, 3.05) is 25.9 Å². The molecule has 0 bridgehead atoms. The summed E-state index contributed by atoms with van der Waals surface area (Å²) in [4.78, 5) is 2.77. The van der Waals surface area contributed by atoms with E-state index >= 15 is 0 Å². The monoisotopic (exact) mass is 270 g/mol. The van der Waals surface area contributed by atoms with E-state index in [1.54, 1.807) is 0 Å². The summed E-state index contributed by atoms with van der Waals surface area (Å²) in [6, 6.07) is 1.52. The molecule has 1 saturated heterocycles. The van der Waals surface area contributed by atoms with Gasteiger partial charge < -0.3 is 5.32 Å². The second kappa shape index (κ2) is 6.15. The maximum atomic E-state index is 3.70. The number of hydrogen-bond acceptors (Lipinski definition) is 3. The first-order chi connectivity index (χ1) is 8.50. The molecule has 0 amide bonds. The van der Waals surface area contributed by atoms with Gasteiger partial charge in [-0.15, -0.1) is 0 Å². The van der Waals surface area contributed by atoms with Crippen LogP contribution in [0, 0.1) is 5.41 Å². The lowest BCUT2D eigenvalue weighted by atomic mass is 9.84. The van der Waals surface area contributed by atoms with E-state index in [1.807, 2.05) is 0 Å². The zero-order valence-corrected chi connectivity index (χ0v) is 13.4. The van der Waals surface area contributed by atoms with Crippen molar-refractivity contribution in [1.82, 2.24) is 10.2 Å². The topological polar surface area (TPSA) is 15.3 Å². The molecule has 1 N–H and O–H groups in total. The standard InChI is InChI=1S/C15H30N2S/c1-15(2,3)14-11-17(10-9-16-14)12-5-7-13(18-4)8-6-12/h12-14,16H,5-11H2,1-4H3. The molecule has 2 fully saturated rings. The summed E-state index contributed by atoms with van der Waals surface area (Å²) in [6.07, 6.45) is 7.96. The van der Waals surface area contributed by atoms with Gasteiger partial charge in [0.1, 0.15) is 0 Å². The van der Waals surface area contributed by atoms with Crippen LogP contribution in [-0.4, -0.2) is 48.1 Å². The van der Waals surface area contributed by atoms with Crippen LogP contribution in [0.1, 0.15) is 46.5 Å². The number of piperazine rings is 1. The average Bonchev–Trinajstić information content (AvgIpc) is 2.38. The third-order valence-corrected chi connectivity index (χ3v) is 5.88. The quantitative estimate of drug-likeness (QED) is 0.830. The van der Waals surface area contributed by atoms with Crippen LogP contribution in [0.5, 0.6) is 0 Å². The highest BCUT2D eigenvalue weighted by atomic mass is 32.2. The van der Waals surface area contributed by atoms with Gasteiger partial charge in [0, 0.05) is 37.0 Å². The van der Waals surface area contributed by atoms with E-state index in [9.17, 15) is 0 Å². The minimum atomic E-state index is 0.384. The van der Waals surface area contributed by atoms with Crippen LogP contribution in [0.2, 0.25) is 0 Å². The van der Waals surface area contributed by atoms with Gasteiger partial charge in [-0.2, -0.15) is 11.8 Å². The summed E-state index contributed by atoms with van der Waals surface area (Å²) in [6.45, 7) is 10.8. The Bertz CT molecular complexity index is 254. The van der Waals surface area contributed by atoms with Crippen molar-refractivity contribution in [3.63, 3.8) is 0 Å². The fourth-order valence-corrected chi connectivity index (χ4v) is 4.07. The SMILES string of the molecule is CSC1CCC(N2CCNC(C(C)(C)C)C2)CC1. The van der Waals surface area contributed by atoms with Gasteiger partial charge in [0.05, 0.1) is 0 Å². The van der Waals surface area contributed by atoms with E-state index in [0.29, 0.717) is 11.5 Å². The van der Waals surface area contributed by atoms with Crippen molar-refractivity contribution in [2.45, 2.75) is 63.8 Å². The number of thioether (sulfide) groups is 1. The van der Waals surface area contributed by atoms with Crippen molar-refractivity contribution in [3.8, 4) is 0 Å². The molecule has 1 saturated carbocycles. The molecule has 0 radical (unpaired) electrons. The first-order valence-electron chi connectivity index (χ1n) is 7.51. The molecule has 0 aromatic carbocycles. The summed E-state index contributed by atoms with van der Waals surface area (Å²) in [7, 11) is 0. The van der Waals surface area contributed by atoms with Gasteiger partial charge in [-0.05, 0) is 37.4 Å². The van der Waals surface area contributed by atoms with E-state index < -0.39 is 0 Å². The summed E-state index contributed by atoms with van der Waals surface area (Å²) >= 11 is 2.07. The molecule has 3 heteroatoms. The van der Waals surface area contributed by atoms with Crippen LogP contribution in [0.4, 0.5) is 0 Å². The van der Waals surface area contributed by atoms with Gasteiger partial charge in [0.25, 0.3) is 0 Å². The molecule has 1 atom stereocenters. The summed E-state index contributed by atoms with van der Waals surface area (Å²) in [5, 5.41) is 4.64. The molecule has 1 heterocycles. The van der Waals surface area contributed by atoms with Crippen LogP contribution < -0.4 is 5.32 Å². The second-order valence-electron chi connectivity index (χ2n) is 7.03. The van der Waals surface area contributed by atoms with Crippen molar-refractivity contribution in [1.29, 1.82) is 0 Å². The van der Waals surface area contributed by atoms with E-state index in [0.717, 1.165) is 11.3 Å². The lowest BCUT2D eigenvalue weighted by molar-refractivity contribution is 0.0812. The largest absolute Gasteiger partial charge is 0.311 e. The minimum absolute atomic E-state index is 0.384. The van der Waals surface area contributed by atoms with Gasteiger partial charge in [0.2, 0.25) is 0 Å². The normalized spacial score (nSPS) is 35.7. The summed E-state index contributed by atoms with van der Waals surface area (Å²) < 4.78 is 0. The van der Waals surface area contributed by atoms with Crippen molar-refractivity contribution >= 4 is 11.8 Å². The smallest absolute Gasteiger partial charge is 0.0244 e. The van der Waals surface area contributed by atoms with E-state index in [-0.39, 0.29) is 0 Å². The summed E-state index contributed by atoms with van der Waals surface area (Å²) in [5.41, 5.74) is 0.384. The molecule has 0 spiro atoms. The molecule has 2 aliphatic rings. The molecule has 106 valence electrons. The Hall–Kier alpha value is 0.270. The lowest BCUT2D eigenvalue weighted by Crippen LogP contribution is -2.58. The molecular weight excluding hydrogens is 240 g/mol. The predicted octanol–water partition coefficient (Wildman–Crippen LogP) is 2.98. The first-order valence-corrected chi connectivity index (χ1v) is 8.79. The molecule has 18 heavy (non-hydrogen) atoms. The molecule has 1 aliphatic heterocycles. The van der Waals surface area contributed by atoms with Gasteiger partial charge in [0.15, 0.2) is 0 Å². The predicted molar refractivity (Wildman–Crippen MR) is 82.4 cm³/mol. The van der Waals surface area contributed by atoms with E-state index in [1.165, 1.54) is 45.3 Å². The third kappa shape index (κ3) is 3.64. The molecule has 1 aliphatic carbocycles. The van der Waals surface area contributed by atoms with E-state index in [4.69, 9.17) is 0 Å². The fourth-order valence-electron chi connectivity index (χ4n) is 3.33. The Labute approximate surface area is 117 Å². The molecular formula is C15H30N2S. The minimum Gasteiger partial charge on any atom is -0.311 e. The lowest BCUT2D eigenvalue weighted by Gasteiger charge is -2.45. The highest BCUT2D eigenvalue weighted by Crippen LogP contribution is 2.31. The average molecular weight is 270 g/mol. The Balaban J connectivity index is 1.86. The highest BCUT2D eigenvalue weighted by molar-refractivity contribution is 7.99. The van der Waals surface area contributed by atoms with Crippen LogP contribution in [0.15, 0.2) is 0 Å². The molecule has 2 rings (SSSR count). The molecule has 0 aromatic rings. The number of nitrogens with zero attached hydrogens (tertiary/aromatic N) is 1. The van der Waals surface area contributed by atoms with Crippen LogP contribution in [0.3, 0.4) is 0 Å². The van der Waals surface area contributed by atoms with E-state index in [2.05, 4.69) is 49.0 Å². The Morgan fingerprint density at radius 2 is 1.78 bits per heavy atom. The number of nitrogens with one attached hydrogen (secondary N) is 1. The Morgan fingerprint density at radius 1 is 1.11 bits per heavy atom. The fraction of sp³-hybridized carbons (Fsp3) is 1.00. The zero-order chi connectivity index (χ0) is 13.2. The summed E-state index contributed by atoms with van der Waals surface area (Å²) in [5.74, 6) is 0. The second-order valence-corrected chi connectivity index (χ2v) is 8.17. The van der Waals surface area contributed by atoms with Crippen LogP contribution >= 0.6 is 11.8 Å². The van der Waals surface area contributed by atoms with Crippen molar-refractivity contribution < 1.29 is 0 Å². The van der Waals surface area contributed by atoms with Crippen molar-refractivity contribution in [2.24, 2.45) is 5.41 Å². The molecule has 1 unspecified atom stereocenters. The highest BCUT2D eigenvalue weighted by Gasteiger charge is 2.33. The Morgan fingerprint density at radius 3 is 2.33 bits per heavy atom. The van der Waals surface area contributed by atoms with Crippen LogP contribution in [-0.2, 0) is 0 Å². The van der Waals surface area contributed by atoms with Gasteiger partial charge in [-0.1, -0.05) is 20.8 Å². The number of rotatable bonds is 2. The maximum absolute atomic E-state index is 3.70. The van der Waals surface area contributed by atoms with Crippen molar-refractivity contribution in [3.05, 3.63) is 0 Å². The number of hydrogen-bond donors (Lipinski definition) is 1.